The van der Waals surface area contributed by atoms with Crippen LogP contribution in [0.4, 0.5) is 0 Å². The summed E-state index contributed by atoms with van der Waals surface area (Å²) in [6, 6.07) is 7.59. The lowest BCUT2D eigenvalue weighted by molar-refractivity contribution is 0.579. The number of nitrogens with zero attached hydrogens (tertiary/aromatic N) is 1. The van der Waals surface area contributed by atoms with E-state index in [-0.39, 0.29) is 5.75 Å². The summed E-state index contributed by atoms with van der Waals surface area (Å²) in [6.45, 7) is 5.87. The number of benzene rings is 1. The van der Waals surface area contributed by atoms with E-state index in [0.717, 1.165) is 12.1 Å². The molecule has 0 fully saturated rings. The summed E-state index contributed by atoms with van der Waals surface area (Å²) in [7, 11) is -3.12. The monoisotopic (exact) mass is 360 g/mol. The molecule has 0 aliphatic carbocycles. The third-order valence-corrected chi connectivity index (χ3v) is 4.83. The number of rotatable bonds is 9. The van der Waals surface area contributed by atoms with Gasteiger partial charge in [0, 0.05) is 24.7 Å². The fourth-order valence-electron chi connectivity index (χ4n) is 1.76. The van der Waals surface area contributed by atoms with Gasteiger partial charge in [0.05, 0.1) is 12.3 Å². The van der Waals surface area contributed by atoms with E-state index in [2.05, 4.69) is 20.3 Å². The molecule has 1 aromatic carbocycles. The molecule has 0 aromatic heterocycles. The minimum absolute atomic E-state index is 0.0996. The second-order valence-electron chi connectivity index (χ2n) is 4.86. The molecule has 6 nitrogen and oxygen atoms in total. The number of sulfonamides is 1. The van der Waals surface area contributed by atoms with Crippen LogP contribution < -0.4 is 15.4 Å². The van der Waals surface area contributed by atoms with Crippen LogP contribution in [0.15, 0.2) is 29.3 Å². The Balaban J connectivity index is 2.43. The summed E-state index contributed by atoms with van der Waals surface area (Å²) in [5.41, 5.74) is 0.960. The molecule has 0 aliphatic heterocycles. The molecular formula is C15H25ClN4O2S. The lowest BCUT2D eigenvalue weighted by Crippen LogP contribution is -2.38. The molecule has 0 spiro atoms. The minimum atomic E-state index is -3.12. The van der Waals surface area contributed by atoms with Crippen molar-refractivity contribution in [2.24, 2.45) is 4.99 Å². The third kappa shape index (κ3) is 8.20. The van der Waals surface area contributed by atoms with Gasteiger partial charge in [-0.1, -0.05) is 29.8 Å². The maximum atomic E-state index is 11.3. The van der Waals surface area contributed by atoms with Gasteiger partial charge in [-0.25, -0.2) is 18.1 Å². The van der Waals surface area contributed by atoms with Crippen LogP contribution in [0.3, 0.4) is 0 Å². The molecule has 8 heteroatoms. The Labute approximate surface area is 143 Å². The smallest absolute Gasteiger partial charge is 0.211 e. The molecule has 1 aromatic rings. The molecule has 130 valence electrons. The molecule has 0 unspecified atom stereocenters. The summed E-state index contributed by atoms with van der Waals surface area (Å²) in [5.74, 6) is 0.785. The average Bonchev–Trinajstić information content (AvgIpc) is 2.53. The maximum absolute atomic E-state index is 11.3. The number of guanidine groups is 1. The van der Waals surface area contributed by atoms with Crippen LogP contribution in [-0.4, -0.2) is 39.8 Å². The number of halogens is 1. The van der Waals surface area contributed by atoms with Crippen LogP contribution in [0, 0.1) is 0 Å². The van der Waals surface area contributed by atoms with Crippen LogP contribution in [0.2, 0.25) is 5.02 Å². The highest BCUT2D eigenvalue weighted by Crippen LogP contribution is 2.15. The quantitative estimate of drug-likeness (QED) is 0.356. The van der Waals surface area contributed by atoms with Gasteiger partial charge in [-0.15, -0.1) is 0 Å². The van der Waals surface area contributed by atoms with Gasteiger partial charge >= 0.3 is 0 Å². The molecular weight excluding hydrogens is 336 g/mol. The Morgan fingerprint density at radius 2 is 1.91 bits per heavy atom. The summed E-state index contributed by atoms with van der Waals surface area (Å²) < 4.78 is 25.2. The van der Waals surface area contributed by atoms with Crippen LogP contribution in [0.1, 0.15) is 25.8 Å². The van der Waals surface area contributed by atoms with Crippen LogP contribution >= 0.6 is 11.6 Å². The van der Waals surface area contributed by atoms with Gasteiger partial charge in [-0.05, 0) is 31.9 Å². The Morgan fingerprint density at radius 1 is 1.17 bits per heavy atom. The zero-order valence-corrected chi connectivity index (χ0v) is 15.2. The predicted octanol–water partition coefficient (Wildman–Crippen LogP) is 1.72. The maximum Gasteiger partial charge on any atom is 0.211 e. The zero-order valence-electron chi connectivity index (χ0n) is 13.6. The molecule has 0 heterocycles. The molecule has 0 bridgehead atoms. The highest BCUT2D eigenvalue weighted by atomic mass is 35.5. The first-order chi connectivity index (χ1) is 11.0. The topological polar surface area (TPSA) is 82.6 Å². The van der Waals surface area contributed by atoms with E-state index in [1.165, 1.54) is 0 Å². The first-order valence-corrected chi connectivity index (χ1v) is 9.74. The van der Waals surface area contributed by atoms with Gasteiger partial charge in [0.2, 0.25) is 10.0 Å². The van der Waals surface area contributed by atoms with Crippen LogP contribution in [-0.2, 0) is 16.6 Å². The van der Waals surface area contributed by atoms with Crippen molar-refractivity contribution in [3.8, 4) is 0 Å². The van der Waals surface area contributed by atoms with Crippen molar-refractivity contribution in [2.45, 2.75) is 26.8 Å². The highest BCUT2D eigenvalue weighted by molar-refractivity contribution is 7.89. The van der Waals surface area contributed by atoms with Gasteiger partial charge < -0.3 is 10.6 Å². The SMILES string of the molecule is CCNC(=NCc1ccccc1Cl)NCCCNS(=O)(=O)CC. The van der Waals surface area contributed by atoms with Gasteiger partial charge in [0.15, 0.2) is 5.96 Å². The molecule has 0 saturated carbocycles. The van der Waals surface area contributed by atoms with Gasteiger partial charge in [0.25, 0.3) is 0 Å². The van der Waals surface area contributed by atoms with Crippen molar-refractivity contribution in [1.29, 1.82) is 0 Å². The van der Waals surface area contributed by atoms with Gasteiger partial charge in [-0.2, -0.15) is 0 Å². The fourth-order valence-corrected chi connectivity index (χ4v) is 2.61. The Morgan fingerprint density at radius 3 is 2.57 bits per heavy atom. The van der Waals surface area contributed by atoms with Crippen molar-refractivity contribution < 1.29 is 8.42 Å². The Bertz CT molecular complexity index is 605. The van der Waals surface area contributed by atoms with E-state index in [4.69, 9.17) is 11.6 Å². The number of nitrogens with one attached hydrogen (secondary N) is 3. The molecule has 23 heavy (non-hydrogen) atoms. The van der Waals surface area contributed by atoms with Crippen molar-refractivity contribution in [2.75, 3.05) is 25.4 Å². The molecule has 0 radical (unpaired) electrons. The summed E-state index contributed by atoms with van der Waals surface area (Å²) in [4.78, 5) is 4.48. The first kappa shape index (κ1) is 19.7. The second-order valence-corrected chi connectivity index (χ2v) is 7.37. The summed E-state index contributed by atoms with van der Waals surface area (Å²) in [6.07, 6.45) is 0.676. The molecule has 0 saturated heterocycles. The lowest BCUT2D eigenvalue weighted by atomic mass is 10.2. The molecule has 0 amide bonds. The Kier molecular flexibility index (Phi) is 8.98. The standard InChI is InChI=1S/C15H25ClN4O2S/c1-3-17-15(18-10-7-11-20-23(21,22)4-2)19-12-13-8-5-6-9-14(13)16/h5-6,8-9,20H,3-4,7,10-12H2,1-2H3,(H2,17,18,19). The largest absolute Gasteiger partial charge is 0.357 e. The van der Waals surface area contributed by atoms with Crippen molar-refractivity contribution in [3.05, 3.63) is 34.9 Å². The van der Waals surface area contributed by atoms with Crippen LogP contribution in [0.5, 0.6) is 0 Å². The molecule has 3 N–H and O–H groups in total. The lowest BCUT2D eigenvalue weighted by Gasteiger charge is -2.12. The van der Waals surface area contributed by atoms with Crippen molar-refractivity contribution >= 4 is 27.6 Å². The van der Waals surface area contributed by atoms with E-state index >= 15 is 0 Å². The fraction of sp³-hybridized carbons (Fsp3) is 0.533. The van der Waals surface area contributed by atoms with Gasteiger partial charge in [0.1, 0.15) is 0 Å². The number of hydrogen-bond acceptors (Lipinski definition) is 3. The van der Waals surface area contributed by atoms with E-state index in [0.29, 0.717) is 37.0 Å². The van der Waals surface area contributed by atoms with Gasteiger partial charge in [-0.3, -0.25) is 0 Å². The van der Waals surface area contributed by atoms with E-state index in [9.17, 15) is 8.42 Å². The predicted molar refractivity (Wildman–Crippen MR) is 96.4 cm³/mol. The highest BCUT2D eigenvalue weighted by Gasteiger charge is 2.05. The first-order valence-electron chi connectivity index (χ1n) is 7.71. The Hall–Kier alpha value is -1.31. The summed E-state index contributed by atoms with van der Waals surface area (Å²) in [5, 5.41) is 7.02. The van der Waals surface area contributed by atoms with E-state index in [1.54, 1.807) is 6.92 Å². The van der Waals surface area contributed by atoms with E-state index < -0.39 is 10.0 Å². The normalized spacial score (nSPS) is 12.2. The molecule has 0 atom stereocenters. The molecule has 1 rings (SSSR count). The average molecular weight is 361 g/mol. The zero-order chi connectivity index (χ0) is 17.1. The van der Waals surface area contributed by atoms with E-state index in [1.807, 2.05) is 31.2 Å². The van der Waals surface area contributed by atoms with Crippen LogP contribution in [0.25, 0.3) is 0 Å². The van der Waals surface area contributed by atoms with Crippen molar-refractivity contribution in [3.63, 3.8) is 0 Å². The second kappa shape index (κ2) is 10.5. The summed E-state index contributed by atoms with van der Waals surface area (Å²) >= 11 is 6.11. The number of aliphatic imine (C=N–C) groups is 1. The minimum Gasteiger partial charge on any atom is -0.357 e. The van der Waals surface area contributed by atoms with Crippen molar-refractivity contribution in [1.82, 2.24) is 15.4 Å². The number of hydrogen-bond donors (Lipinski definition) is 3. The molecule has 0 aliphatic rings. The third-order valence-electron chi connectivity index (χ3n) is 3.06.